The Morgan fingerprint density at radius 2 is 2.08 bits per heavy atom. The zero-order valence-corrected chi connectivity index (χ0v) is 8.55. The summed E-state index contributed by atoms with van der Waals surface area (Å²) in [6.07, 6.45) is 6.61. The SMILES string of the molecule is CC1CCC(C)C2CC=C2C(=O)C1. The molecule has 0 N–H and O–H groups in total. The standard InChI is InChI=1S/C12H18O/c1-8-3-4-9(2)10-5-6-11(10)12(13)7-8/h6,8-10H,3-5,7H2,1-2H3. The number of hydrogen-bond acceptors (Lipinski definition) is 1. The molecule has 1 nitrogen and oxygen atoms in total. The molecule has 3 atom stereocenters. The van der Waals surface area contributed by atoms with Gasteiger partial charge in [-0.15, -0.1) is 0 Å². The first-order valence-electron chi connectivity index (χ1n) is 5.41. The van der Waals surface area contributed by atoms with Gasteiger partial charge in [-0.3, -0.25) is 4.79 Å². The summed E-state index contributed by atoms with van der Waals surface area (Å²) in [4.78, 5) is 11.7. The van der Waals surface area contributed by atoms with Crippen molar-refractivity contribution in [3.8, 4) is 0 Å². The van der Waals surface area contributed by atoms with Crippen LogP contribution in [0.2, 0.25) is 0 Å². The van der Waals surface area contributed by atoms with Crippen LogP contribution in [0.1, 0.15) is 39.5 Å². The van der Waals surface area contributed by atoms with Crippen LogP contribution >= 0.6 is 0 Å². The zero-order chi connectivity index (χ0) is 9.42. The minimum Gasteiger partial charge on any atom is -0.295 e. The molecule has 0 saturated heterocycles. The highest BCUT2D eigenvalue weighted by Gasteiger charge is 2.33. The molecule has 2 rings (SSSR count). The van der Waals surface area contributed by atoms with Crippen molar-refractivity contribution in [1.82, 2.24) is 0 Å². The first-order chi connectivity index (χ1) is 6.18. The van der Waals surface area contributed by atoms with Crippen LogP contribution in [0.5, 0.6) is 0 Å². The summed E-state index contributed by atoms with van der Waals surface area (Å²) in [6.45, 7) is 4.49. The monoisotopic (exact) mass is 178 g/mol. The molecule has 0 aliphatic heterocycles. The van der Waals surface area contributed by atoms with Crippen LogP contribution in [0.3, 0.4) is 0 Å². The number of hydrogen-bond donors (Lipinski definition) is 0. The van der Waals surface area contributed by atoms with Gasteiger partial charge in [0.15, 0.2) is 5.78 Å². The van der Waals surface area contributed by atoms with Gasteiger partial charge in [-0.05, 0) is 36.2 Å². The predicted molar refractivity (Wildman–Crippen MR) is 53.4 cm³/mol. The van der Waals surface area contributed by atoms with Crippen LogP contribution in [0.4, 0.5) is 0 Å². The Morgan fingerprint density at radius 3 is 2.69 bits per heavy atom. The lowest BCUT2D eigenvalue weighted by Gasteiger charge is -2.35. The quantitative estimate of drug-likeness (QED) is 0.557. The average molecular weight is 178 g/mol. The van der Waals surface area contributed by atoms with E-state index in [2.05, 4.69) is 19.9 Å². The number of rotatable bonds is 0. The summed E-state index contributed by atoms with van der Waals surface area (Å²) in [5.74, 6) is 2.36. The number of allylic oxidation sites excluding steroid dienone is 2. The number of Topliss-reactive ketones (excluding diaryl/α,β-unsaturated/α-hetero) is 1. The van der Waals surface area contributed by atoms with E-state index in [9.17, 15) is 4.79 Å². The van der Waals surface area contributed by atoms with Crippen LogP contribution in [-0.4, -0.2) is 5.78 Å². The van der Waals surface area contributed by atoms with Gasteiger partial charge in [-0.25, -0.2) is 0 Å². The summed E-state index contributed by atoms with van der Waals surface area (Å²) in [5, 5.41) is 0. The van der Waals surface area contributed by atoms with Gasteiger partial charge in [0.05, 0.1) is 0 Å². The molecular formula is C12H18O. The molecule has 0 amide bonds. The molecular weight excluding hydrogens is 160 g/mol. The third-order valence-corrected chi connectivity index (χ3v) is 3.65. The van der Waals surface area contributed by atoms with E-state index in [1.807, 2.05) is 0 Å². The number of ketones is 1. The van der Waals surface area contributed by atoms with Crippen molar-refractivity contribution < 1.29 is 4.79 Å². The maximum Gasteiger partial charge on any atom is 0.159 e. The van der Waals surface area contributed by atoms with Gasteiger partial charge < -0.3 is 0 Å². The highest BCUT2D eigenvalue weighted by atomic mass is 16.1. The second-order valence-corrected chi connectivity index (χ2v) is 4.79. The van der Waals surface area contributed by atoms with E-state index in [-0.39, 0.29) is 0 Å². The van der Waals surface area contributed by atoms with Gasteiger partial charge in [-0.1, -0.05) is 26.3 Å². The smallest absolute Gasteiger partial charge is 0.159 e. The lowest BCUT2D eigenvalue weighted by Crippen LogP contribution is -2.29. The predicted octanol–water partition coefficient (Wildman–Crippen LogP) is 2.96. The van der Waals surface area contributed by atoms with Gasteiger partial charge in [0.2, 0.25) is 0 Å². The molecule has 0 radical (unpaired) electrons. The Hall–Kier alpha value is -0.590. The fourth-order valence-electron chi connectivity index (χ4n) is 2.52. The van der Waals surface area contributed by atoms with Crippen LogP contribution in [0.15, 0.2) is 11.6 Å². The first-order valence-corrected chi connectivity index (χ1v) is 5.41. The molecule has 3 unspecified atom stereocenters. The lowest BCUT2D eigenvalue weighted by atomic mass is 9.69. The highest BCUT2D eigenvalue weighted by molar-refractivity contribution is 5.97. The van der Waals surface area contributed by atoms with E-state index >= 15 is 0 Å². The summed E-state index contributed by atoms with van der Waals surface area (Å²) in [5.41, 5.74) is 1.15. The summed E-state index contributed by atoms with van der Waals surface area (Å²) in [6, 6.07) is 0. The third kappa shape index (κ3) is 1.56. The Labute approximate surface area is 80.2 Å². The van der Waals surface area contributed by atoms with Gasteiger partial charge >= 0.3 is 0 Å². The second kappa shape index (κ2) is 3.28. The maximum absolute atomic E-state index is 11.7. The van der Waals surface area contributed by atoms with Crippen LogP contribution in [0, 0.1) is 17.8 Å². The molecule has 0 spiro atoms. The fraction of sp³-hybridized carbons (Fsp3) is 0.750. The summed E-state index contributed by atoms with van der Waals surface area (Å²) >= 11 is 0. The highest BCUT2D eigenvalue weighted by Crippen LogP contribution is 2.40. The van der Waals surface area contributed by atoms with Gasteiger partial charge in [0.25, 0.3) is 0 Å². The van der Waals surface area contributed by atoms with Gasteiger partial charge in [0, 0.05) is 6.42 Å². The molecule has 2 aliphatic carbocycles. The molecule has 72 valence electrons. The molecule has 1 saturated carbocycles. The van der Waals surface area contributed by atoms with E-state index in [4.69, 9.17) is 0 Å². The molecule has 1 heteroatoms. The Balaban J connectivity index is 2.14. The molecule has 0 aromatic carbocycles. The van der Waals surface area contributed by atoms with E-state index in [1.165, 1.54) is 12.8 Å². The van der Waals surface area contributed by atoms with E-state index in [0.717, 1.165) is 24.3 Å². The van der Waals surface area contributed by atoms with Crippen LogP contribution in [0.25, 0.3) is 0 Å². The van der Waals surface area contributed by atoms with Crippen LogP contribution in [-0.2, 0) is 4.79 Å². The largest absolute Gasteiger partial charge is 0.295 e. The third-order valence-electron chi connectivity index (χ3n) is 3.65. The topological polar surface area (TPSA) is 17.1 Å². The Bertz CT molecular complexity index is 252. The van der Waals surface area contributed by atoms with Crippen molar-refractivity contribution in [2.75, 3.05) is 0 Å². The first kappa shape index (κ1) is 8.98. The van der Waals surface area contributed by atoms with Crippen LogP contribution < -0.4 is 0 Å². The Morgan fingerprint density at radius 1 is 1.31 bits per heavy atom. The molecule has 1 fully saturated rings. The molecule has 2 aliphatic rings. The number of fused-ring (bicyclic) bond motifs is 1. The van der Waals surface area contributed by atoms with E-state index in [1.54, 1.807) is 0 Å². The fourth-order valence-corrected chi connectivity index (χ4v) is 2.52. The molecule has 13 heavy (non-hydrogen) atoms. The maximum atomic E-state index is 11.7. The summed E-state index contributed by atoms with van der Waals surface area (Å²) < 4.78 is 0. The van der Waals surface area contributed by atoms with Crippen molar-refractivity contribution >= 4 is 5.78 Å². The second-order valence-electron chi connectivity index (χ2n) is 4.79. The Kier molecular flexibility index (Phi) is 2.27. The van der Waals surface area contributed by atoms with Gasteiger partial charge in [0.1, 0.15) is 0 Å². The van der Waals surface area contributed by atoms with Crippen molar-refractivity contribution in [3.63, 3.8) is 0 Å². The zero-order valence-electron chi connectivity index (χ0n) is 8.55. The van der Waals surface area contributed by atoms with E-state index in [0.29, 0.717) is 17.6 Å². The van der Waals surface area contributed by atoms with Crippen molar-refractivity contribution in [3.05, 3.63) is 11.6 Å². The number of carbonyl (C=O) groups is 1. The summed E-state index contributed by atoms with van der Waals surface area (Å²) in [7, 11) is 0. The molecule has 0 aromatic heterocycles. The molecule has 0 bridgehead atoms. The molecule has 0 aromatic rings. The normalized spacial score (nSPS) is 39.7. The van der Waals surface area contributed by atoms with Crippen molar-refractivity contribution in [2.24, 2.45) is 17.8 Å². The molecule has 0 heterocycles. The van der Waals surface area contributed by atoms with Gasteiger partial charge in [-0.2, -0.15) is 0 Å². The number of carbonyl (C=O) groups excluding carboxylic acids is 1. The van der Waals surface area contributed by atoms with E-state index < -0.39 is 0 Å². The lowest BCUT2D eigenvalue weighted by molar-refractivity contribution is -0.117. The van der Waals surface area contributed by atoms with Crippen molar-refractivity contribution in [1.29, 1.82) is 0 Å². The minimum absolute atomic E-state index is 0.426. The van der Waals surface area contributed by atoms with Crippen molar-refractivity contribution in [2.45, 2.75) is 39.5 Å². The average Bonchev–Trinajstić information content (AvgIpc) is 1.97. The minimum atomic E-state index is 0.426.